The van der Waals surface area contributed by atoms with Gasteiger partial charge in [0.2, 0.25) is 11.8 Å². The van der Waals surface area contributed by atoms with Gasteiger partial charge in [-0.2, -0.15) is 0 Å². The van der Waals surface area contributed by atoms with Crippen molar-refractivity contribution in [2.45, 2.75) is 63.9 Å². The first-order valence-corrected chi connectivity index (χ1v) is 15.8. The highest BCUT2D eigenvalue weighted by Crippen LogP contribution is 2.11. The van der Waals surface area contributed by atoms with E-state index in [9.17, 15) is 24.3 Å². The number of esters is 1. The zero-order chi connectivity index (χ0) is 34.0. The molecule has 0 aliphatic heterocycles. The first kappa shape index (κ1) is 36.7. The second-order valence-electron chi connectivity index (χ2n) is 11.4. The molecule has 3 aromatic carbocycles. The largest absolute Gasteiger partial charge is 0.467 e. The summed E-state index contributed by atoms with van der Waals surface area (Å²) in [6.45, 7) is 3.60. The minimum Gasteiger partial charge on any atom is -0.467 e. The summed E-state index contributed by atoms with van der Waals surface area (Å²) in [7, 11) is 1.26. The van der Waals surface area contributed by atoms with Crippen LogP contribution in [0, 0.1) is 5.92 Å². The van der Waals surface area contributed by atoms with E-state index in [-0.39, 0.29) is 32.0 Å². The predicted molar refractivity (Wildman–Crippen MR) is 178 cm³/mol. The molecule has 0 radical (unpaired) electrons. The van der Waals surface area contributed by atoms with Gasteiger partial charge in [-0.3, -0.25) is 9.59 Å². The van der Waals surface area contributed by atoms with Crippen molar-refractivity contribution in [3.05, 3.63) is 108 Å². The summed E-state index contributed by atoms with van der Waals surface area (Å²) in [5, 5.41) is 22.2. The number of methoxy groups -OCH3 is 1. The Morgan fingerprint density at radius 3 is 1.87 bits per heavy atom. The average Bonchev–Trinajstić information content (AvgIpc) is 3.09. The number of nitrogens with one attached hydrogen (secondary N) is 4. The number of rotatable bonds is 18. The van der Waals surface area contributed by atoms with Crippen LogP contribution in [0.1, 0.15) is 37.0 Å². The summed E-state index contributed by atoms with van der Waals surface area (Å²) < 4.78 is 10.3. The van der Waals surface area contributed by atoms with Crippen molar-refractivity contribution in [3.8, 4) is 0 Å². The fourth-order valence-electron chi connectivity index (χ4n) is 4.92. The van der Waals surface area contributed by atoms with Gasteiger partial charge in [0.15, 0.2) is 0 Å². The molecule has 11 heteroatoms. The monoisotopic (exact) mass is 646 g/mol. The van der Waals surface area contributed by atoms with Crippen LogP contribution in [0.3, 0.4) is 0 Å². The van der Waals surface area contributed by atoms with Crippen molar-refractivity contribution in [2.24, 2.45) is 5.92 Å². The summed E-state index contributed by atoms with van der Waals surface area (Å²) in [6, 6.07) is 25.4. The predicted octanol–water partition coefficient (Wildman–Crippen LogP) is 2.91. The Morgan fingerprint density at radius 2 is 1.32 bits per heavy atom. The molecule has 5 atom stereocenters. The molecule has 11 nitrogen and oxygen atoms in total. The first-order chi connectivity index (χ1) is 22.7. The Labute approximate surface area is 276 Å². The van der Waals surface area contributed by atoms with Gasteiger partial charge in [0.25, 0.3) is 0 Å². The third-order valence-electron chi connectivity index (χ3n) is 7.81. The number of alkyl carbamates (subject to hydrolysis) is 1. The van der Waals surface area contributed by atoms with Gasteiger partial charge in [-0.25, -0.2) is 9.59 Å². The topological polar surface area (TPSA) is 155 Å². The van der Waals surface area contributed by atoms with E-state index in [1.807, 2.05) is 105 Å². The molecule has 0 bridgehead atoms. The van der Waals surface area contributed by atoms with E-state index < -0.39 is 48.1 Å². The van der Waals surface area contributed by atoms with Crippen molar-refractivity contribution in [2.75, 3.05) is 20.2 Å². The van der Waals surface area contributed by atoms with E-state index in [4.69, 9.17) is 9.47 Å². The van der Waals surface area contributed by atoms with E-state index >= 15 is 0 Å². The first-order valence-electron chi connectivity index (χ1n) is 15.8. The summed E-state index contributed by atoms with van der Waals surface area (Å²) in [4.78, 5) is 51.4. The molecular formula is C36H46N4O7. The molecule has 252 valence electrons. The molecule has 47 heavy (non-hydrogen) atoms. The number of aliphatic hydroxyl groups excluding tert-OH is 1. The second-order valence-corrected chi connectivity index (χ2v) is 11.4. The number of carbonyl (C=O) groups is 4. The molecule has 3 rings (SSSR count). The molecule has 0 aromatic heterocycles. The fraction of sp³-hybridized carbons (Fsp3) is 0.389. The van der Waals surface area contributed by atoms with E-state index in [1.54, 1.807) is 0 Å². The Morgan fingerprint density at radius 1 is 0.766 bits per heavy atom. The third kappa shape index (κ3) is 12.9. The van der Waals surface area contributed by atoms with Crippen molar-refractivity contribution < 1.29 is 33.8 Å². The maximum atomic E-state index is 13.3. The van der Waals surface area contributed by atoms with Gasteiger partial charge in [-0.1, -0.05) is 111 Å². The third-order valence-corrected chi connectivity index (χ3v) is 7.81. The maximum absolute atomic E-state index is 13.3. The lowest BCUT2D eigenvalue weighted by Crippen LogP contribution is -2.56. The van der Waals surface area contributed by atoms with Crippen LogP contribution in [0.25, 0.3) is 0 Å². The number of ether oxygens (including phenoxy) is 2. The molecule has 0 spiro atoms. The van der Waals surface area contributed by atoms with Gasteiger partial charge in [-0.05, 0) is 29.0 Å². The molecule has 0 saturated carbocycles. The Hall–Kier alpha value is -4.74. The summed E-state index contributed by atoms with van der Waals surface area (Å²) in [6.07, 6.45) is -0.583. The normalized spacial score (nSPS) is 14.0. The van der Waals surface area contributed by atoms with Gasteiger partial charge < -0.3 is 35.8 Å². The lowest BCUT2D eigenvalue weighted by molar-refractivity contribution is -0.145. The minimum absolute atomic E-state index is 0.0223. The van der Waals surface area contributed by atoms with E-state index in [0.717, 1.165) is 16.7 Å². The van der Waals surface area contributed by atoms with Crippen LogP contribution in [-0.4, -0.2) is 73.4 Å². The number of aliphatic hydroxyl groups is 1. The number of hydrogen-bond acceptors (Lipinski definition) is 8. The number of carbonyl (C=O) groups excluding carboxylic acids is 4. The van der Waals surface area contributed by atoms with Crippen LogP contribution in [-0.2, 0) is 43.3 Å². The van der Waals surface area contributed by atoms with Crippen LogP contribution < -0.4 is 21.3 Å². The summed E-state index contributed by atoms with van der Waals surface area (Å²) in [5.74, 6) is -1.79. The molecule has 5 N–H and O–H groups in total. The smallest absolute Gasteiger partial charge is 0.407 e. The molecule has 0 aliphatic rings. The molecular weight excluding hydrogens is 600 g/mol. The minimum atomic E-state index is -1.07. The Balaban J connectivity index is 1.57. The molecule has 3 amide bonds. The van der Waals surface area contributed by atoms with E-state index in [0.29, 0.717) is 12.8 Å². The van der Waals surface area contributed by atoms with Crippen LogP contribution in [0.5, 0.6) is 0 Å². The lowest BCUT2D eigenvalue weighted by Gasteiger charge is -2.27. The van der Waals surface area contributed by atoms with Gasteiger partial charge in [0.05, 0.1) is 25.8 Å². The molecule has 0 heterocycles. The average molecular weight is 647 g/mol. The van der Waals surface area contributed by atoms with Gasteiger partial charge >= 0.3 is 12.1 Å². The highest BCUT2D eigenvalue weighted by atomic mass is 16.5. The van der Waals surface area contributed by atoms with Gasteiger partial charge in [0, 0.05) is 13.0 Å². The standard InChI is InChI=1S/C36H46N4O7/c1-4-25(2)33(34(43)38-30(35(44)46-3)21-27-16-10-6-11-17-27)40-32(42)23-37-22-31(41)29(20-26-14-8-5-9-15-26)39-36(45)47-24-28-18-12-7-13-19-28/h5-19,25,29-31,33,37,41H,4,20-24H2,1-3H3,(H,38,43)(H,39,45)(H,40,42)/t25-,29-,30-,31?,33-/m0/s1. The van der Waals surface area contributed by atoms with Crippen molar-refractivity contribution in [1.29, 1.82) is 0 Å². The summed E-state index contributed by atoms with van der Waals surface area (Å²) >= 11 is 0. The van der Waals surface area contributed by atoms with Crippen molar-refractivity contribution >= 4 is 23.9 Å². The zero-order valence-electron chi connectivity index (χ0n) is 27.2. The van der Waals surface area contributed by atoms with E-state index in [2.05, 4.69) is 21.3 Å². The fourth-order valence-corrected chi connectivity index (χ4v) is 4.92. The lowest BCUT2D eigenvalue weighted by atomic mass is 9.97. The second kappa shape index (κ2) is 19.7. The van der Waals surface area contributed by atoms with Gasteiger partial charge in [-0.15, -0.1) is 0 Å². The maximum Gasteiger partial charge on any atom is 0.407 e. The van der Waals surface area contributed by atoms with Crippen LogP contribution in [0.4, 0.5) is 4.79 Å². The number of hydrogen-bond donors (Lipinski definition) is 5. The van der Waals surface area contributed by atoms with Crippen molar-refractivity contribution in [1.82, 2.24) is 21.3 Å². The van der Waals surface area contributed by atoms with Crippen LogP contribution in [0.2, 0.25) is 0 Å². The molecule has 0 fully saturated rings. The SMILES string of the molecule is CC[C@H](C)[C@H](NC(=O)CNCC(O)[C@H](Cc1ccccc1)NC(=O)OCc1ccccc1)C(=O)N[C@@H](Cc1ccccc1)C(=O)OC. The Kier molecular flexibility index (Phi) is 15.4. The molecule has 1 unspecified atom stereocenters. The highest BCUT2D eigenvalue weighted by molar-refractivity contribution is 5.91. The molecule has 0 saturated heterocycles. The van der Waals surface area contributed by atoms with Crippen LogP contribution in [0.15, 0.2) is 91.0 Å². The highest BCUT2D eigenvalue weighted by Gasteiger charge is 2.30. The van der Waals surface area contributed by atoms with Crippen molar-refractivity contribution in [3.63, 3.8) is 0 Å². The number of benzene rings is 3. The zero-order valence-corrected chi connectivity index (χ0v) is 27.2. The Bertz CT molecular complexity index is 1390. The van der Waals surface area contributed by atoms with E-state index in [1.165, 1.54) is 7.11 Å². The number of amides is 3. The quantitative estimate of drug-likeness (QED) is 0.132. The molecule has 0 aliphatic carbocycles. The van der Waals surface area contributed by atoms with Gasteiger partial charge in [0.1, 0.15) is 18.7 Å². The molecule has 3 aromatic rings. The summed E-state index contributed by atoms with van der Waals surface area (Å²) in [5.41, 5.74) is 2.58. The van der Waals surface area contributed by atoms with Crippen LogP contribution >= 0.6 is 0 Å².